The molecule has 1 N–H and O–H groups in total. The van der Waals surface area contributed by atoms with Crippen LogP contribution in [0.25, 0.3) is 107 Å². The SMILES string of the molecule is c1ccc(-c2cccc3c2sc2c(-c4ccc5c(c4)[nH]c4cc(-c6cccc7c6sc6c(-c8ccccc8)cccc67)ccc45)cccc23)cc1. The first-order valence-electron chi connectivity index (χ1n) is 17.3. The zero-order chi connectivity index (χ0) is 33.5. The fourth-order valence-electron chi connectivity index (χ4n) is 8.03. The fraction of sp³-hybridized carbons (Fsp3) is 0. The second-order valence-corrected chi connectivity index (χ2v) is 15.4. The van der Waals surface area contributed by atoms with E-state index < -0.39 is 0 Å². The number of H-pyrrole nitrogens is 1. The average molecular weight is 684 g/mol. The Balaban J connectivity index is 1.03. The largest absolute Gasteiger partial charge is 0.354 e. The van der Waals surface area contributed by atoms with Gasteiger partial charge in [-0.1, -0.05) is 158 Å². The molecule has 8 aromatic carbocycles. The summed E-state index contributed by atoms with van der Waals surface area (Å²) >= 11 is 3.81. The van der Waals surface area contributed by atoms with Crippen molar-refractivity contribution in [1.29, 1.82) is 0 Å². The number of hydrogen-bond acceptors (Lipinski definition) is 2. The predicted molar refractivity (Wildman–Crippen MR) is 223 cm³/mol. The van der Waals surface area contributed by atoms with E-state index in [0.29, 0.717) is 0 Å². The Kier molecular flexibility index (Phi) is 6.36. The Bertz CT molecular complexity index is 2910. The molecular weight excluding hydrogens is 655 g/mol. The summed E-state index contributed by atoms with van der Waals surface area (Å²) in [6.07, 6.45) is 0. The first-order chi connectivity index (χ1) is 25.3. The molecule has 1 nitrogen and oxygen atoms in total. The lowest BCUT2D eigenvalue weighted by Gasteiger charge is -2.05. The molecule has 11 rings (SSSR count). The molecule has 238 valence electrons. The van der Waals surface area contributed by atoms with E-state index in [-0.39, 0.29) is 0 Å². The van der Waals surface area contributed by atoms with Crippen molar-refractivity contribution >= 4 is 84.8 Å². The van der Waals surface area contributed by atoms with E-state index in [1.165, 1.54) is 95.6 Å². The van der Waals surface area contributed by atoms with Crippen LogP contribution in [-0.4, -0.2) is 4.98 Å². The minimum Gasteiger partial charge on any atom is -0.354 e. The molecule has 0 saturated carbocycles. The lowest BCUT2D eigenvalue weighted by molar-refractivity contribution is 1.54. The smallest absolute Gasteiger partial charge is 0.0471 e. The number of aromatic nitrogens is 1. The van der Waals surface area contributed by atoms with Crippen LogP contribution < -0.4 is 0 Å². The predicted octanol–water partition coefficient (Wildman–Crippen LogP) is 14.7. The maximum absolute atomic E-state index is 3.82. The van der Waals surface area contributed by atoms with Gasteiger partial charge in [0.25, 0.3) is 0 Å². The highest BCUT2D eigenvalue weighted by Crippen LogP contribution is 2.46. The normalized spacial score (nSPS) is 11.9. The maximum atomic E-state index is 3.82. The molecule has 0 amide bonds. The van der Waals surface area contributed by atoms with Gasteiger partial charge < -0.3 is 4.98 Å². The maximum Gasteiger partial charge on any atom is 0.0471 e. The summed E-state index contributed by atoms with van der Waals surface area (Å²) < 4.78 is 5.35. The highest BCUT2D eigenvalue weighted by molar-refractivity contribution is 7.27. The highest BCUT2D eigenvalue weighted by Gasteiger charge is 2.17. The number of rotatable bonds is 4. The fourth-order valence-corrected chi connectivity index (χ4v) is 10.8. The zero-order valence-electron chi connectivity index (χ0n) is 27.5. The van der Waals surface area contributed by atoms with Crippen molar-refractivity contribution in [3.8, 4) is 44.5 Å². The third-order valence-electron chi connectivity index (χ3n) is 10.4. The van der Waals surface area contributed by atoms with Crippen LogP contribution in [0.1, 0.15) is 0 Å². The average Bonchev–Trinajstić information content (AvgIpc) is 3.89. The minimum atomic E-state index is 1.16. The van der Waals surface area contributed by atoms with Crippen molar-refractivity contribution in [2.75, 3.05) is 0 Å². The van der Waals surface area contributed by atoms with Gasteiger partial charge in [0, 0.05) is 62.2 Å². The van der Waals surface area contributed by atoms with E-state index in [2.05, 4.69) is 175 Å². The van der Waals surface area contributed by atoms with E-state index in [1.807, 2.05) is 22.7 Å². The van der Waals surface area contributed by atoms with Crippen LogP contribution in [0.4, 0.5) is 0 Å². The van der Waals surface area contributed by atoms with Gasteiger partial charge in [-0.05, 0) is 56.6 Å². The summed E-state index contributed by atoms with van der Waals surface area (Å²) in [5, 5.41) is 7.78. The number of fused-ring (bicyclic) bond motifs is 9. The third kappa shape index (κ3) is 4.45. The number of thiophene rings is 2. The molecule has 3 heteroatoms. The quantitative estimate of drug-likeness (QED) is 0.190. The van der Waals surface area contributed by atoms with Crippen LogP contribution in [-0.2, 0) is 0 Å². The molecule has 0 aliphatic rings. The van der Waals surface area contributed by atoms with Crippen molar-refractivity contribution in [2.45, 2.75) is 0 Å². The molecule has 11 aromatic rings. The Hall–Kier alpha value is -6.00. The van der Waals surface area contributed by atoms with Crippen LogP contribution in [0.3, 0.4) is 0 Å². The summed E-state index contributed by atoms with van der Waals surface area (Å²) in [6.45, 7) is 0. The Morgan fingerprint density at radius 1 is 0.275 bits per heavy atom. The molecule has 51 heavy (non-hydrogen) atoms. The van der Waals surface area contributed by atoms with Crippen LogP contribution in [0, 0.1) is 0 Å². The molecule has 0 bridgehead atoms. The van der Waals surface area contributed by atoms with E-state index in [1.54, 1.807) is 0 Å². The second kappa shape index (κ2) is 11.3. The van der Waals surface area contributed by atoms with Crippen LogP contribution in [0.15, 0.2) is 170 Å². The van der Waals surface area contributed by atoms with Gasteiger partial charge in [0.05, 0.1) is 0 Å². The van der Waals surface area contributed by atoms with E-state index in [4.69, 9.17) is 0 Å². The van der Waals surface area contributed by atoms with Crippen molar-refractivity contribution in [2.24, 2.45) is 0 Å². The van der Waals surface area contributed by atoms with Gasteiger partial charge >= 0.3 is 0 Å². The first-order valence-corrected chi connectivity index (χ1v) is 19.0. The summed E-state index contributed by atoms with van der Waals surface area (Å²) in [4.78, 5) is 3.82. The van der Waals surface area contributed by atoms with Crippen LogP contribution in [0.2, 0.25) is 0 Å². The monoisotopic (exact) mass is 683 g/mol. The van der Waals surface area contributed by atoms with Crippen molar-refractivity contribution < 1.29 is 0 Å². The lowest BCUT2D eigenvalue weighted by atomic mass is 9.98. The first kappa shape index (κ1) is 28.8. The summed E-state index contributed by atoms with van der Waals surface area (Å²) in [5.41, 5.74) is 12.5. The molecule has 0 aliphatic heterocycles. The topological polar surface area (TPSA) is 15.8 Å². The van der Waals surface area contributed by atoms with Crippen LogP contribution >= 0.6 is 22.7 Å². The van der Waals surface area contributed by atoms with E-state index in [0.717, 1.165) is 11.0 Å². The number of benzene rings is 8. The van der Waals surface area contributed by atoms with Gasteiger partial charge in [-0.15, -0.1) is 22.7 Å². The number of aromatic amines is 1. The highest BCUT2D eigenvalue weighted by atomic mass is 32.1. The number of nitrogens with one attached hydrogen (secondary N) is 1. The summed E-state index contributed by atoms with van der Waals surface area (Å²) in [5.74, 6) is 0. The van der Waals surface area contributed by atoms with Crippen molar-refractivity contribution in [1.82, 2.24) is 4.98 Å². The molecule has 3 aromatic heterocycles. The van der Waals surface area contributed by atoms with Gasteiger partial charge in [-0.25, -0.2) is 0 Å². The van der Waals surface area contributed by atoms with Gasteiger partial charge in [-0.2, -0.15) is 0 Å². The number of hydrogen-bond donors (Lipinski definition) is 1. The van der Waals surface area contributed by atoms with Gasteiger partial charge in [0.1, 0.15) is 0 Å². The summed E-state index contributed by atoms with van der Waals surface area (Å²) in [7, 11) is 0. The third-order valence-corrected chi connectivity index (χ3v) is 13.0. The molecule has 0 unspecified atom stereocenters. The molecule has 0 spiro atoms. The van der Waals surface area contributed by atoms with Gasteiger partial charge in [-0.3, -0.25) is 0 Å². The molecule has 0 fully saturated rings. The molecule has 0 radical (unpaired) electrons. The lowest BCUT2D eigenvalue weighted by Crippen LogP contribution is -1.79. The molecule has 0 atom stereocenters. The second-order valence-electron chi connectivity index (χ2n) is 13.3. The van der Waals surface area contributed by atoms with Crippen molar-refractivity contribution in [3.05, 3.63) is 170 Å². The van der Waals surface area contributed by atoms with Gasteiger partial charge in [0.15, 0.2) is 0 Å². The Morgan fingerprint density at radius 2 is 0.627 bits per heavy atom. The molecule has 0 aliphatic carbocycles. The molecular formula is C48H29NS2. The van der Waals surface area contributed by atoms with Crippen LogP contribution in [0.5, 0.6) is 0 Å². The Labute approximate surface area is 302 Å². The minimum absolute atomic E-state index is 1.16. The van der Waals surface area contributed by atoms with E-state index >= 15 is 0 Å². The Morgan fingerprint density at radius 3 is 1.00 bits per heavy atom. The zero-order valence-corrected chi connectivity index (χ0v) is 29.1. The van der Waals surface area contributed by atoms with Gasteiger partial charge in [0.2, 0.25) is 0 Å². The van der Waals surface area contributed by atoms with Crippen molar-refractivity contribution in [3.63, 3.8) is 0 Å². The standard InChI is InChI=1S/C48H29NS2/c1-3-11-29(12-4-1)33-15-7-19-39-41-21-9-17-35(47(41)50-45(33)39)31-23-25-37-38-26-24-32(28-44(38)49-43(37)27-31)36-18-10-22-42-40-20-8-16-34(46(40)51-48(36)42)30-13-5-2-6-14-30/h1-28,49H. The summed E-state index contributed by atoms with van der Waals surface area (Å²) in [6, 6.07) is 62.3. The molecule has 0 saturated heterocycles. The van der Waals surface area contributed by atoms with E-state index in [9.17, 15) is 0 Å². The molecule has 3 heterocycles.